The van der Waals surface area contributed by atoms with Crippen LogP contribution < -0.4 is 0 Å². The van der Waals surface area contributed by atoms with Crippen molar-refractivity contribution in [3.05, 3.63) is 48.6 Å². The molecule has 0 fully saturated rings. The van der Waals surface area contributed by atoms with Crippen molar-refractivity contribution in [2.24, 2.45) is 0 Å². The molecule has 0 aliphatic carbocycles. The first-order valence-electron chi connectivity index (χ1n) is 6.05. The molecule has 0 aliphatic rings. The molecule has 0 heterocycles. The maximum atomic E-state index is 11.4. The summed E-state index contributed by atoms with van der Waals surface area (Å²) in [5, 5.41) is 0. The zero-order chi connectivity index (χ0) is 12.7. The number of carbonyl (C=O) groups is 1. The molecule has 0 saturated heterocycles. The molecule has 0 radical (unpaired) electrons. The highest BCUT2D eigenvalue weighted by Gasteiger charge is 2.30. The molecule has 0 amide bonds. The first kappa shape index (κ1) is 13.5. The Morgan fingerprint density at radius 3 is 2.35 bits per heavy atom. The molecule has 1 aromatic carbocycles. The molecule has 0 unspecified atom stereocenters. The Labute approximate surface area is 103 Å². The summed E-state index contributed by atoms with van der Waals surface area (Å²) in [7, 11) is 0. The van der Waals surface area contributed by atoms with Gasteiger partial charge in [-0.2, -0.15) is 0 Å². The van der Waals surface area contributed by atoms with Gasteiger partial charge in [0.25, 0.3) is 0 Å². The van der Waals surface area contributed by atoms with Crippen molar-refractivity contribution in [1.29, 1.82) is 0 Å². The average Bonchev–Trinajstić information content (AvgIpc) is 2.39. The van der Waals surface area contributed by atoms with E-state index in [1.165, 1.54) is 11.6 Å². The SMILES string of the molecule is C=CC(=O)OC(CC)(CC)Cc1ccccc1. The molecule has 0 bridgehead atoms. The lowest BCUT2D eigenvalue weighted by atomic mass is 9.89. The molecule has 0 atom stereocenters. The van der Waals surface area contributed by atoms with E-state index in [2.05, 4.69) is 18.7 Å². The fraction of sp³-hybridized carbons (Fsp3) is 0.400. The number of rotatable bonds is 6. The van der Waals surface area contributed by atoms with Crippen LogP contribution in [0.2, 0.25) is 0 Å². The summed E-state index contributed by atoms with van der Waals surface area (Å²) in [6.45, 7) is 7.53. The highest BCUT2D eigenvalue weighted by Crippen LogP contribution is 2.26. The van der Waals surface area contributed by atoms with Crippen molar-refractivity contribution in [3.63, 3.8) is 0 Å². The topological polar surface area (TPSA) is 26.3 Å². The van der Waals surface area contributed by atoms with Crippen molar-refractivity contribution >= 4 is 5.97 Å². The van der Waals surface area contributed by atoms with Crippen LogP contribution in [0.5, 0.6) is 0 Å². The molecule has 92 valence electrons. The molecule has 0 aromatic heterocycles. The van der Waals surface area contributed by atoms with E-state index < -0.39 is 5.60 Å². The minimum atomic E-state index is -0.410. The Kier molecular flexibility index (Phi) is 4.95. The Hall–Kier alpha value is -1.57. The Morgan fingerprint density at radius 1 is 1.29 bits per heavy atom. The number of hydrogen-bond acceptors (Lipinski definition) is 2. The fourth-order valence-electron chi connectivity index (χ4n) is 1.90. The highest BCUT2D eigenvalue weighted by molar-refractivity contribution is 5.81. The average molecular weight is 232 g/mol. The van der Waals surface area contributed by atoms with Crippen molar-refractivity contribution in [2.75, 3.05) is 0 Å². The second-order valence-corrected chi connectivity index (χ2v) is 4.18. The van der Waals surface area contributed by atoms with E-state index in [-0.39, 0.29) is 5.97 Å². The standard InChI is InChI=1S/C15H20O2/c1-4-14(16)17-15(5-2,6-3)12-13-10-8-7-9-11-13/h4,7-11H,1,5-6,12H2,2-3H3. The lowest BCUT2D eigenvalue weighted by molar-refractivity contribution is -0.154. The van der Waals surface area contributed by atoms with E-state index in [4.69, 9.17) is 4.74 Å². The lowest BCUT2D eigenvalue weighted by Crippen LogP contribution is -2.35. The fourth-order valence-corrected chi connectivity index (χ4v) is 1.90. The zero-order valence-electron chi connectivity index (χ0n) is 10.6. The predicted octanol–water partition coefficient (Wildman–Crippen LogP) is 3.52. The molecule has 0 saturated carbocycles. The first-order valence-corrected chi connectivity index (χ1v) is 6.05. The van der Waals surface area contributed by atoms with Gasteiger partial charge in [0.15, 0.2) is 0 Å². The first-order chi connectivity index (χ1) is 8.15. The van der Waals surface area contributed by atoms with Gasteiger partial charge in [0, 0.05) is 12.5 Å². The van der Waals surface area contributed by atoms with Gasteiger partial charge in [-0.3, -0.25) is 0 Å². The van der Waals surface area contributed by atoms with Gasteiger partial charge in [0.1, 0.15) is 5.60 Å². The van der Waals surface area contributed by atoms with E-state index in [9.17, 15) is 4.79 Å². The molecule has 0 aliphatic heterocycles. The molecule has 0 N–H and O–H groups in total. The molecule has 0 spiro atoms. The summed E-state index contributed by atoms with van der Waals surface area (Å²) in [4.78, 5) is 11.4. The van der Waals surface area contributed by atoms with Crippen LogP contribution in [0, 0.1) is 0 Å². The smallest absolute Gasteiger partial charge is 0.330 e. The quantitative estimate of drug-likeness (QED) is 0.554. The van der Waals surface area contributed by atoms with E-state index in [0.717, 1.165) is 19.3 Å². The third kappa shape index (κ3) is 3.74. The van der Waals surface area contributed by atoms with Crippen molar-refractivity contribution in [3.8, 4) is 0 Å². The van der Waals surface area contributed by atoms with Crippen molar-refractivity contribution in [1.82, 2.24) is 0 Å². The molecule has 1 aromatic rings. The molecule has 2 nitrogen and oxygen atoms in total. The normalized spacial score (nSPS) is 10.9. The van der Waals surface area contributed by atoms with E-state index in [1.807, 2.05) is 32.0 Å². The minimum absolute atomic E-state index is 0.343. The number of carbonyl (C=O) groups excluding carboxylic acids is 1. The van der Waals surface area contributed by atoms with Gasteiger partial charge >= 0.3 is 5.97 Å². The second kappa shape index (κ2) is 6.24. The van der Waals surface area contributed by atoms with Gasteiger partial charge in [0.05, 0.1) is 0 Å². The summed E-state index contributed by atoms with van der Waals surface area (Å²) in [5.74, 6) is -0.343. The monoisotopic (exact) mass is 232 g/mol. The van der Waals surface area contributed by atoms with Crippen LogP contribution in [-0.4, -0.2) is 11.6 Å². The van der Waals surface area contributed by atoms with Crippen LogP contribution in [0.15, 0.2) is 43.0 Å². The number of esters is 1. The second-order valence-electron chi connectivity index (χ2n) is 4.18. The maximum absolute atomic E-state index is 11.4. The largest absolute Gasteiger partial charge is 0.456 e. The van der Waals surface area contributed by atoms with Crippen LogP contribution in [0.25, 0.3) is 0 Å². The number of benzene rings is 1. The molecular weight excluding hydrogens is 212 g/mol. The highest BCUT2D eigenvalue weighted by atomic mass is 16.6. The minimum Gasteiger partial charge on any atom is -0.456 e. The number of ether oxygens (including phenoxy) is 1. The summed E-state index contributed by atoms with van der Waals surface area (Å²) in [6.07, 6.45) is 3.58. The molecule has 1 rings (SSSR count). The van der Waals surface area contributed by atoms with E-state index in [1.54, 1.807) is 0 Å². The Bertz CT molecular complexity index is 364. The third-order valence-corrected chi connectivity index (χ3v) is 3.14. The van der Waals surface area contributed by atoms with Crippen molar-refractivity contribution < 1.29 is 9.53 Å². The summed E-state index contributed by atoms with van der Waals surface area (Å²) < 4.78 is 5.53. The van der Waals surface area contributed by atoms with Gasteiger partial charge in [-0.1, -0.05) is 50.8 Å². The van der Waals surface area contributed by atoms with E-state index >= 15 is 0 Å². The number of hydrogen-bond donors (Lipinski definition) is 0. The van der Waals surface area contributed by atoms with Gasteiger partial charge in [-0.15, -0.1) is 0 Å². The van der Waals surface area contributed by atoms with Gasteiger partial charge in [0.2, 0.25) is 0 Å². The van der Waals surface area contributed by atoms with Gasteiger partial charge in [-0.05, 0) is 18.4 Å². The van der Waals surface area contributed by atoms with Crippen LogP contribution >= 0.6 is 0 Å². The van der Waals surface area contributed by atoms with Gasteiger partial charge < -0.3 is 4.74 Å². The predicted molar refractivity (Wildman–Crippen MR) is 69.7 cm³/mol. The van der Waals surface area contributed by atoms with Crippen LogP contribution in [0.1, 0.15) is 32.3 Å². The Balaban J connectivity index is 2.84. The van der Waals surface area contributed by atoms with E-state index in [0.29, 0.717) is 0 Å². The Morgan fingerprint density at radius 2 is 1.88 bits per heavy atom. The maximum Gasteiger partial charge on any atom is 0.330 e. The zero-order valence-corrected chi connectivity index (χ0v) is 10.6. The van der Waals surface area contributed by atoms with Crippen molar-refractivity contribution in [2.45, 2.75) is 38.7 Å². The summed E-state index contributed by atoms with van der Waals surface area (Å²) in [6, 6.07) is 10.1. The van der Waals surface area contributed by atoms with Crippen LogP contribution in [0.3, 0.4) is 0 Å². The molecule has 2 heteroatoms. The van der Waals surface area contributed by atoms with Crippen LogP contribution in [-0.2, 0) is 16.0 Å². The lowest BCUT2D eigenvalue weighted by Gasteiger charge is -2.31. The summed E-state index contributed by atoms with van der Waals surface area (Å²) in [5.41, 5.74) is 0.778. The third-order valence-electron chi connectivity index (χ3n) is 3.14. The van der Waals surface area contributed by atoms with Gasteiger partial charge in [-0.25, -0.2) is 4.79 Å². The van der Waals surface area contributed by atoms with Crippen LogP contribution in [0.4, 0.5) is 0 Å². The molecule has 17 heavy (non-hydrogen) atoms. The summed E-state index contributed by atoms with van der Waals surface area (Å²) >= 11 is 0. The molecular formula is C15H20O2.